The van der Waals surface area contributed by atoms with Gasteiger partial charge in [-0.05, 0) is 12.1 Å². The number of hydrogen-bond donors (Lipinski definition) is 0. The number of para-hydroxylation sites is 1. The Hall–Kier alpha value is -3.44. The summed E-state index contributed by atoms with van der Waals surface area (Å²) >= 11 is 1.27. The van der Waals surface area contributed by atoms with Gasteiger partial charge in [-0.1, -0.05) is 90.6 Å². The first-order chi connectivity index (χ1) is 14.2. The molecule has 142 valence electrons. The molecule has 0 radical (unpaired) electrons. The molecule has 0 aliphatic rings. The molecular formula is C24H18N2O2S. The second kappa shape index (κ2) is 8.71. The number of Topliss-reactive ketones (excluding diaryl/α,β-unsaturated/α-hetero) is 1. The maximum atomic E-state index is 13.0. The number of carbonyl (C=O) groups is 1. The van der Waals surface area contributed by atoms with Crippen LogP contribution in [0.2, 0.25) is 0 Å². The van der Waals surface area contributed by atoms with Gasteiger partial charge >= 0.3 is 0 Å². The first-order valence-electron chi connectivity index (χ1n) is 9.18. The Morgan fingerprint density at radius 3 is 2.07 bits per heavy atom. The zero-order chi connectivity index (χ0) is 20.1. The molecule has 0 aliphatic heterocycles. The van der Waals surface area contributed by atoms with Crippen molar-refractivity contribution >= 4 is 17.5 Å². The van der Waals surface area contributed by atoms with Gasteiger partial charge in [-0.25, -0.2) is 4.98 Å². The van der Waals surface area contributed by atoms with Crippen LogP contribution in [-0.4, -0.2) is 21.1 Å². The molecule has 4 rings (SSSR count). The van der Waals surface area contributed by atoms with Crippen molar-refractivity contribution in [1.29, 1.82) is 0 Å². The molecule has 1 heterocycles. The highest BCUT2D eigenvalue weighted by molar-refractivity contribution is 7.99. The number of thioether (sulfide) groups is 1. The van der Waals surface area contributed by atoms with Crippen LogP contribution >= 0.6 is 11.8 Å². The van der Waals surface area contributed by atoms with Crippen molar-refractivity contribution in [2.45, 2.75) is 5.16 Å². The topological polar surface area (TPSA) is 52.0 Å². The van der Waals surface area contributed by atoms with E-state index in [1.54, 1.807) is 16.7 Å². The SMILES string of the molecule is O=C(CSc1nc(-c2ccccc2)cc(=O)n1-c1ccccc1)c1ccccc1. The van der Waals surface area contributed by atoms with Crippen molar-refractivity contribution in [3.8, 4) is 16.9 Å². The molecule has 0 saturated carbocycles. The smallest absolute Gasteiger partial charge is 0.259 e. The fourth-order valence-corrected chi connectivity index (χ4v) is 3.88. The van der Waals surface area contributed by atoms with Gasteiger partial charge in [0.15, 0.2) is 10.9 Å². The summed E-state index contributed by atoms with van der Waals surface area (Å²) in [5.74, 6) is 0.191. The highest BCUT2D eigenvalue weighted by Gasteiger charge is 2.15. The highest BCUT2D eigenvalue weighted by Crippen LogP contribution is 2.23. The van der Waals surface area contributed by atoms with E-state index in [1.807, 2.05) is 78.9 Å². The predicted molar refractivity (Wildman–Crippen MR) is 117 cm³/mol. The van der Waals surface area contributed by atoms with Gasteiger partial charge in [0.05, 0.1) is 17.1 Å². The van der Waals surface area contributed by atoms with Gasteiger partial charge in [0.25, 0.3) is 5.56 Å². The standard InChI is InChI=1S/C24H18N2O2S/c27-22(19-12-6-2-7-13-19)17-29-24-25-21(18-10-4-1-5-11-18)16-23(28)26(24)20-14-8-3-9-15-20/h1-16H,17H2. The van der Waals surface area contributed by atoms with E-state index in [1.165, 1.54) is 17.8 Å². The van der Waals surface area contributed by atoms with Gasteiger partial charge in [0, 0.05) is 17.2 Å². The lowest BCUT2D eigenvalue weighted by Gasteiger charge is -2.13. The fraction of sp³-hybridized carbons (Fsp3) is 0.0417. The zero-order valence-electron chi connectivity index (χ0n) is 15.6. The molecule has 0 spiro atoms. The Morgan fingerprint density at radius 1 is 0.828 bits per heavy atom. The van der Waals surface area contributed by atoms with E-state index in [9.17, 15) is 9.59 Å². The molecule has 3 aromatic carbocycles. The molecule has 5 heteroatoms. The van der Waals surface area contributed by atoms with Crippen LogP contribution in [0.3, 0.4) is 0 Å². The third-order valence-corrected chi connectivity index (χ3v) is 5.34. The number of hydrogen-bond acceptors (Lipinski definition) is 4. The molecule has 0 bridgehead atoms. The first-order valence-corrected chi connectivity index (χ1v) is 10.2. The minimum Gasteiger partial charge on any atom is -0.293 e. The maximum Gasteiger partial charge on any atom is 0.259 e. The van der Waals surface area contributed by atoms with Crippen LogP contribution in [0.15, 0.2) is 107 Å². The molecule has 29 heavy (non-hydrogen) atoms. The average Bonchev–Trinajstić information content (AvgIpc) is 2.79. The van der Waals surface area contributed by atoms with E-state index < -0.39 is 0 Å². The third kappa shape index (κ3) is 4.36. The van der Waals surface area contributed by atoms with Crippen LogP contribution in [-0.2, 0) is 0 Å². The van der Waals surface area contributed by atoms with Crippen LogP contribution in [0, 0.1) is 0 Å². The summed E-state index contributed by atoms with van der Waals surface area (Å²) < 4.78 is 1.55. The van der Waals surface area contributed by atoms with E-state index in [2.05, 4.69) is 0 Å². The molecular weight excluding hydrogens is 380 g/mol. The molecule has 0 saturated heterocycles. The Labute approximate surface area is 172 Å². The highest BCUT2D eigenvalue weighted by atomic mass is 32.2. The van der Waals surface area contributed by atoms with Gasteiger partial charge < -0.3 is 0 Å². The first kappa shape index (κ1) is 18.9. The lowest BCUT2D eigenvalue weighted by Crippen LogP contribution is -2.21. The molecule has 4 nitrogen and oxygen atoms in total. The van der Waals surface area contributed by atoms with Crippen molar-refractivity contribution in [3.05, 3.63) is 113 Å². The summed E-state index contributed by atoms with van der Waals surface area (Å²) in [5, 5.41) is 0.492. The predicted octanol–water partition coefficient (Wildman–Crippen LogP) is 4.87. The molecule has 1 aromatic heterocycles. The number of aromatic nitrogens is 2. The quantitative estimate of drug-likeness (QED) is 0.264. The zero-order valence-corrected chi connectivity index (χ0v) is 16.4. The van der Waals surface area contributed by atoms with E-state index in [0.29, 0.717) is 16.4 Å². The van der Waals surface area contributed by atoms with Gasteiger partial charge in [-0.2, -0.15) is 0 Å². The largest absolute Gasteiger partial charge is 0.293 e. The fourth-order valence-electron chi connectivity index (χ4n) is 2.97. The second-order valence-electron chi connectivity index (χ2n) is 6.38. The summed E-state index contributed by atoms with van der Waals surface area (Å²) in [6, 6.07) is 29.6. The molecule has 0 amide bonds. The van der Waals surface area contributed by atoms with Crippen LogP contribution in [0.25, 0.3) is 16.9 Å². The Balaban J connectivity index is 1.74. The second-order valence-corrected chi connectivity index (χ2v) is 7.32. The number of benzene rings is 3. The van der Waals surface area contributed by atoms with Crippen molar-refractivity contribution in [3.63, 3.8) is 0 Å². The lowest BCUT2D eigenvalue weighted by molar-refractivity contribution is 0.102. The summed E-state index contributed by atoms with van der Waals surface area (Å²) in [5.41, 5.74) is 2.64. The minimum absolute atomic E-state index is 0.00502. The molecule has 0 aliphatic carbocycles. The van der Waals surface area contributed by atoms with E-state index in [4.69, 9.17) is 4.98 Å². The summed E-state index contributed by atoms with van der Waals surface area (Å²) in [6.45, 7) is 0. The van der Waals surface area contributed by atoms with Crippen LogP contribution in [0.1, 0.15) is 10.4 Å². The van der Waals surface area contributed by atoms with Gasteiger partial charge in [0.2, 0.25) is 0 Å². The summed E-state index contributed by atoms with van der Waals surface area (Å²) in [4.78, 5) is 30.3. The van der Waals surface area contributed by atoms with Gasteiger partial charge in [0.1, 0.15) is 0 Å². The van der Waals surface area contributed by atoms with Crippen LogP contribution in [0.5, 0.6) is 0 Å². The van der Waals surface area contributed by atoms with Crippen molar-refractivity contribution in [2.75, 3.05) is 5.75 Å². The lowest BCUT2D eigenvalue weighted by atomic mass is 10.1. The maximum absolute atomic E-state index is 13.0. The monoisotopic (exact) mass is 398 g/mol. The van der Waals surface area contributed by atoms with Crippen LogP contribution in [0.4, 0.5) is 0 Å². The molecule has 0 N–H and O–H groups in total. The van der Waals surface area contributed by atoms with E-state index >= 15 is 0 Å². The third-order valence-electron chi connectivity index (χ3n) is 4.40. The van der Waals surface area contributed by atoms with E-state index in [0.717, 1.165) is 11.3 Å². The molecule has 0 unspecified atom stereocenters. The Morgan fingerprint density at radius 2 is 1.41 bits per heavy atom. The van der Waals surface area contributed by atoms with Crippen LogP contribution < -0.4 is 5.56 Å². The van der Waals surface area contributed by atoms with Gasteiger partial charge in [-0.15, -0.1) is 0 Å². The van der Waals surface area contributed by atoms with Crippen molar-refractivity contribution in [2.24, 2.45) is 0 Å². The molecule has 0 atom stereocenters. The minimum atomic E-state index is -0.181. The molecule has 4 aromatic rings. The Kier molecular flexibility index (Phi) is 5.68. The van der Waals surface area contributed by atoms with Crippen molar-refractivity contribution < 1.29 is 4.79 Å². The number of carbonyl (C=O) groups excluding carboxylic acids is 1. The number of nitrogens with zero attached hydrogens (tertiary/aromatic N) is 2. The normalized spacial score (nSPS) is 10.6. The van der Waals surface area contributed by atoms with Gasteiger partial charge in [-0.3, -0.25) is 14.2 Å². The summed E-state index contributed by atoms with van der Waals surface area (Å²) in [6.07, 6.45) is 0. The molecule has 0 fully saturated rings. The summed E-state index contributed by atoms with van der Waals surface area (Å²) in [7, 11) is 0. The number of rotatable bonds is 6. The van der Waals surface area contributed by atoms with E-state index in [-0.39, 0.29) is 17.1 Å². The average molecular weight is 398 g/mol. The number of ketones is 1. The van der Waals surface area contributed by atoms with Crippen molar-refractivity contribution in [1.82, 2.24) is 9.55 Å². The Bertz CT molecular complexity index is 1170.